The average molecular weight is 353 g/mol. The van der Waals surface area contributed by atoms with Crippen LogP contribution in [-0.4, -0.2) is 35.2 Å². The van der Waals surface area contributed by atoms with E-state index in [9.17, 15) is 4.79 Å². The van der Waals surface area contributed by atoms with E-state index in [1.54, 1.807) is 0 Å². The molecule has 2 N–H and O–H groups in total. The monoisotopic (exact) mass is 352 g/mol. The number of halogens is 1. The maximum atomic E-state index is 12.9. The van der Waals surface area contributed by atoms with Gasteiger partial charge in [0.15, 0.2) is 0 Å². The molecule has 0 spiro atoms. The molecule has 6 nitrogen and oxygen atoms in total. The van der Waals surface area contributed by atoms with E-state index >= 15 is 0 Å². The van der Waals surface area contributed by atoms with E-state index in [4.69, 9.17) is 4.52 Å². The molecule has 2 atom stereocenters. The van der Waals surface area contributed by atoms with Crippen molar-refractivity contribution in [2.24, 2.45) is 5.92 Å². The molecular weight excluding hydrogens is 328 g/mol. The first kappa shape index (κ1) is 18.7. The number of carbonyl (C=O) groups is 1. The van der Waals surface area contributed by atoms with Crippen LogP contribution in [0.2, 0.25) is 0 Å². The zero-order chi connectivity index (χ0) is 16.6. The van der Waals surface area contributed by atoms with Crippen molar-refractivity contribution in [3.63, 3.8) is 0 Å². The highest BCUT2D eigenvalue weighted by Gasteiger charge is 2.25. The van der Waals surface area contributed by atoms with Crippen LogP contribution >= 0.6 is 12.4 Å². The number of aromatic nitrogens is 2. The zero-order valence-electron chi connectivity index (χ0n) is 14.5. The molecule has 2 aromatic heterocycles. The largest absolute Gasteiger partial charge is 0.349 e. The third-order valence-electron chi connectivity index (χ3n) is 4.57. The summed E-state index contributed by atoms with van der Waals surface area (Å²) in [4.78, 5) is 17.3. The molecule has 2 unspecified atom stereocenters. The quantitative estimate of drug-likeness (QED) is 0.887. The second-order valence-electron chi connectivity index (χ2n) is 6.75. The molecule has 0 aromatic carbocycles. The molecule has 3 rings (SSSR count). The van der Waals surface area contributed by atoms with Gasteiger partial charge in [-0.15, -0.1) is 12.4 Å². The number of nitrogens with one attached hydrogen (secondary N) is 2. The Hall–Kier alpha value is -1.66. The van der Waals surface area contributed by atoms with Crippen molar-refractivity contribution in [2.75, 3.05) is 13.1 Å². The number of aryl methyl sites for hydroxylation is 1. The van der Waals surface area contributed by atoms with Gasteiger partial charge in [0.1, 0.15) is 0 Å². The molecule has 1 aliphatic rings. The number of hydrogen-bond acceptors (Lipinski definition) is 5. The molecule has 132 valence electrons. The van der Waals surface area contributed by atoms with Crippen molar-refractivity contribution < 1.29 is 9.32 Å². The number of fused-ring (bicyclic) bond motifs is 1. The minimum Gasteiger partial charge on any atom is -0.349 e. The van der Waals surface area contributed by atoms with Gasteiger partial charge in [0.25, 0.3) is 11.6 Å². The van der Waals surface area contributed by atoms with Crippen LogP contribution in [0.1, 0.15) is 54.9 Å². The van der Waals surface area contributed by atoms with Crippen LogP contribution in [0.25, 0.3) is 11.1 Å². The number of nitrogens with zero attached hydrogens (tertiary/aromatic N) is 2. The van der Waals surface area contributed by atoms with Gasteiger partial charge < -0.3 is 15.2 Å². The fourth-order valence-corrected chi connectivity index (χ4v) is 3.06. The van der Waals surface area contributed by atoms with Crippen molar-refractivity contribution >= 4 is 29.4 Å². The molecule has 1 aliphatic heterocycles. The Morgan fingerprint density at radius 2 is 2.21 bits per heavy atom. The van der Waals surface area contributed by atoms with E-state index < -0.39 is 0 Å². The standard InChI is InChI=1S/C17H24N4O2.ClH/c1-9(2)14-7-12(15-11(4)21-23-17(15)20-14)16(22)19-13-5-6-18-8-10(13)3;/h7,9-10,13,18H,5-6,8H2,1-4H3,(H,19,22);1H. The van der Waals surface area contributed by atoms with Gasteiger partial charge in [0.2, 0.25) is 0 Å². The van der Waals surface area contributed by atoms with Crippen molar-refractivity contribution in [3.05, 3.63) is 23.0 Å². The Morgan fingerprint density at radius 3 is 2.88 bits per heavy atom. The summed E-state index contributed by atoms with van der Waals surface area (Å²) in [5, 5.41) is 11.2. The molecule has 1 fully saturated rings. The third kappa shape index (κ3) is 3.54. The minimum atomic E-state index is -0.0654. The van der Waals surface area contributed by atoms with Crippen LogP contribution in [-0.2, 0) is 0 Å². The SMILES string of the molecule is Cc1noc2nc(C(C)C)cc(C(=O)NC3CCNCC3C)c12.Cl. The topological polar surface area (TPSA) is 80.0 Å². The van der Waals surface area contributed by atoms with Gasteiger partial charge in [-0.25, -0.2) is 4.98 Å². The highest BCUT2D eigenvalue weighted by Crippen LogP contribution is 2.25. The van der Waals surface area contributed by atoms with Crippen molar-refractivity contribution in [1.29, 1.82) is 0 Å². The van der Waals surface area contributed by atoms with E-state index in [0.717, 1.165) is 25.2 Å². The second kappa shape index (κ2) is 7.49. The molecule has 1 saturated heterocycles. The predicted molar refractivity (Wildman–Crippen MR) is 95.8 cm³/mol. The molecular formula is C17H25ClN4O2. The van der Waals surface area contributed by atoms with Crippen LogP contribution in [0.4, 0.5) is 0 Å². The van der Waals surface area contributed by atoms with Gasteiger partial charge >= 0.3 is 0 Å². The molecule has 3 heterocycles. The Labute approximate surface area is 148 Å². The molecule has 0 saturated carbocycles. The van der Waals surface area contributed by atoms with Gasteiger partial charge in [0, 0.05) is 11.7 Å². The smallest absolute Gasteiger partial charge is 0.259 e. The van der Waals surface area contributed by atoms with Gasteiger partial charge in [0.05, 0.1) is 16.6 Å². The number of pyridine rings is 1. The first-order chi connectivity index (χ1) is 11.0. The van der Waals surface area contributed by atoms with Crippen LogP contribution in [0.3, 0.4) is 0 Å². The lowest BCUT2D eigenvalue weighted by Crippen LogP contribution is -2.48. The predicted octanol–water partition coefficient (Wildman–Crippen LogP) is 2.80. The Kier molecular flexibility index (Phi) is 5.83. The molecule has 2 aromatic rings. The normalized spacial score (nSPS) is 20.9. The van der Waals surface area contributed by atoms with Gasteiger partial charge in [-0.1, -0.05) is 25.9 Å². The Morgan fingerprint density at radius 1 is 1.46 bits per heavy atom. The number of amides is 1. The summed E-state index contributed by atoms with van der Waals surface area (Å²) in [6.07, 6.45) is 0.945. The molecule has 0 aliphatic carbocycles. The summed E-state index contributed by atoms with van der Waals surface area (Å²) in [7, 11) is 0. The Balaban J connectivity index is 0.00000208. The summed E-state index contributed by atoms with van der Waals surface area (Å²) < 4.78 is 5.29. The fourth-order valence-electron chi connectivity index (χ4n) is 3.06. The molecule has 0 bridgehead atoms. The molecule has 24 heavy (non-hydrogen) atoms. The van der Waals surface area contributed by atoms with Crippen LogP contribution < -0.4 is 10.6 Å². The lowest BCUT2D eigenvalue weighted by molar-refractivity contribution is 0.0915. The average Bonchev–Trinajstić information content (AvgIpc) is 2.90. The molecule has 1 amide bonds. The van der Waals surface area contributed by atoms with E-state index in [2.05, 4.69) is 27.7 Å². The van der Waals surface area contributed by atoms with Gasteiger partial charge in [-0.3, -0.25) is 4.79 Å². The lowest BCUT2D eigenvalue weighted by atomic mass is 9.94. The van der Waals surface area contributed by atoms with Gasteiger partial charge in [-0.2, -0.15) is 0 Å². The van der Waals surface area contributed by atoms with Crippen molar-refractivity contribution in [3.8, 4) is 0 Å². The highest BCUT2D eigenvalue weighted by atomic mass is 35.5. The Bertz CT molecular complexity index is 729. The van der Waals surface area contributed by atoms with Gasteiger partial charge in [-0.05, 0) is 44.3 Å². The van der Waals surface area contributed by atoms with E-state index in [0.29, 0.717) is 28.3 Å². The summed E-state index contributed by atoms with van der Waals surface area (Å²) in [6.45, 7) is 9.96. The second-order valence-corrected chi connectivity index (χ2v) is 6.75. The summed E-state index contributed by atoms with van der Waals surface area (Å²) in [5.74, 6) is 0.566. The van der Waals surface area contributed by atoms with E-state index in [1.165, 1.54) is 0 Å². The zero-order valence-corrected chi connectivity index (χ0v) is 15.4. The molecule has 0 radical (unpaired) electrons. The highest BCUT2D eigenvalue weighted by molar-refractivity contribution is 6.06. The van der Waals surface area contributed by atoms with Crippen LogP contribution in [0.5, 0.6) is 0 Å². The first-order valence-corrected chi connectivity index (χ1v) is 8.26. The van der Waals surface area contributed by atoms with Crippen molar-refractivity contribution in [1.82, 2.24) is 20.8 Å². The number of piperidine rings is 1. The lowest BCUT2D eigenvalue weighted by Gasteiger charge is -2.30. The number of hydrogen-bond donors (Lipinski definition) is 2. The fraction of sp³-hybridized carbons (Fsp3) is 0.588. The number of rotatable bonds is 3. The molecule has 7 heteroatoms. The maximum absolute atomic E-state index is 12.9. The van der Waals surface area contributed by atoms with E-state index in [-0.39, 0.29) is 30.3 Å². The van der Waals surface area contributed by atoms with Crippen molar-refractivity contribution in [2.45, 2.75) is 46.1 Å². The summed E-state index contributed by atoms with van der Waals surface area (Å²) >= 11 is 0. The third-order valence-corrected chi connectivity index (χ3v) is 4.57. The van der Waals surface area contributed by atoms with E-state index in [1.807, 2.05) is 26.8 Å². The summed E-state index contributed by atoms with van der Waals surface area (Å²) in [6, 6.07) is 2.06. The maximum Gasteiger partial charge on any atom is 0.259 e. The first-order valence-electron chi connectivity index (χ1n) is 8.26. The minimum absolute atomic E-state index is 0. The summed E-state index contributed by atoms with van der Waals surface area (Å²) in [5.41, 5.74) is 2.60. The number of carbonyl (C=O) groups excluding carboxylic acids is 1. The van der Waals surface area contributed by atoms with Crippen LogP contribution in [0, 0.1) is 12.8 Å². The van der Waals surface area contributed by atoms with Crippen LogP contribution in [0.15, 0.2) is 10.6 Å².